The molecule has 1 fully saturated rings. The Morgan fingerprint density at radius 1 is 0.500 bits per heavy atom. The van der Waals surface area contributed by atoms with Crippen LogP contribution in [0.1, 0.15) is 27.8 Å². The average Bonchev–Trinajstić information content (AvgIpc) is 3.25. The maximum absolute atomic E-state index is 7.12. The maximum Gasteiger partial charge on any atom is 0.187 e. The molecule has 9 heteroatoms. The molecule has 0 bridgehead atoms. The zero-order chi connectivity index (χ0) is 38.8. The first kappa shape index (κ1) is 40.8. The molecule has 0 aliphatic carbocycles. The third-order valence-electron chi connectivity index (χ3n) is 9.53. The first-order valence-electron chi connectivity index (χ1n) is 18.9. The highest BCUT2D eigenvalue weighted by Gasteiger charge is 2.58. The summed E-state index contributed by atoms with van der Waals surface area (Å²) in [5.74, 6) is 1.54. The van der Waals surface area contributed by atoms with Crippen molar-refractivity contribution in [1.29, 1.82) is 0 Å². The van der Waals surface area contributed by atoms with Crippen LogP contribution in [-0.4, -0.2) is 64.2 Å². The molecule has 1 aliphatic rings. The van der Waals surface area contributed by atoms with Crippen LogP contribution in [0.3, 0.4) is 0 Å². The number of hydrogen-bond donors (Lipinski definition) is 0. The van der Waals surface area contributed by atoms with E-state index in [-0.39, 0.29) is 26.4 Å². The highest BCUT2D eigenvalue weighted by molar-refractivity contribution is 5.28. The van der Waals surface area contributed by atoms with E-state index in [1.165, 1.54) is 0 Å². The minimum atomic E-state index is -1.23. The van der Waals surface area contributed by atoms with E-state index in [9.17, 15) is 0 Å². The van der Waals surface area contributed by atoms with Crippen molar-refractivity contribution in [3.05, 3.63) is 180 Å². The molecule has 1 heterocycles. The SMILES string of the molecule is C=CCOC1OC(COCc2ccc(OC)cc2)(COCc2ccc(OC)cc2)[C@@H](OCc2ccccc2)[C@H](OCc2ccccc2)[C@H]1OCc1ccccc1. The van der Waals surface area contributed by atoms with Gasteiger partial charge < -0.3 is 42.6 Å². The van der Waals surface area contributed by atoms with Gasteiger partial charge in [-0.1, -0.05) is 121 Å². The van der Waals surface area contributed by atoms with Crippen LogP contribution in [0.4, 0.5) is 0 Å². The predicted octanol–water partition coefficient (Wildman–Crippen LogP) is 8.49. The summed E-state index contributed by atoms with van der Waals surface area (Å²) in [5.41, 5.74) is 3.71. The lowest BCUT2D eigenvalue weighted by Gasteiger charge is -2.52. The van der Waals surface area contributed by atoms with Crippen molar-refractivity contribution in [2.75, 3.05) is 34.0 Å². The van der Waals surface area contributed by atoms with Crippen LogP contribution in [-0.2, 0) is 66.2 Å². The van der Waals surface area contributed by atoms with E-state index in [0.717, 1.165) is 39.3 Å². The molecule has 0 spiro atoms. The maximum atomic E-state index is 7.12. The molecule has 0 saturated carbocycles. The van der Waals surface area contributed by atoms with Gasteiger partial charge in [-0.05, 0) is 52.1 Å². The van der Waals surface area contributed by atoms with Gasteiger partial charge in [-0.15, -0.1) is 6.58 Å². The molecule has 5 aromatic rings. The smallest absolute Gasteiger partial charge is 0.187 e. The van der Waals surface area contributed by atoms with Crippen molar-refractivity contribution in [1.82, 2.24) is 0 Å². The minimum Gasteiger partial charge on any atom is -0.497 e. The second-order valence-electron chi connectivity index (χ2n) is 13.6. The van der Waals surface area contributed by atoms with E-state index < -0.39 is 30.2 Å². The Balaban J connectivity index is 1.38. The summed E-state index contributed by atoms with van der Waals surface area (Å²) in [6, 6.07) is 45.7. The molecule has 9 nitrogen and oxygen atoms in total. The van der Waals surface area contributed by atoms with Gasteiger partial charge in [-0.3, -0.25) is 0 Å². The van der Waals surface area contributed by atoms with Gasteiger partial charge >= 0.3 is 0 Å². The van der Waals surface area contributed by atoms with Crippen molar-refractivity contribution < 1.29 is 42.6 Å². The second-order valence-corrected chi connectivity index (χ2v) is 13.6. The van der Waals surface area contributed by atoms with Crippen molar-refractivity contribution in [2.45, 2.75) is 63.2 Å². The summed E-state index contributed by atoms with van der Waals surface area (Å²) in [5, 5.41) is 0. The Hall–Kier alpha value is -4.84. The summed E-state index contributed by atoms with van der Waals surface area (Å²) in [6.07, 6.45) is -1.36. The largest absolute Gasteiger partial charge is 0.497 e. The third kappa shape index (κ3) is 11.6. The van der Waals surface area contributed by atoms with Gasteiger partial charge in [-0.2, -0.15) is 0 Å². The number of methoxy groups -OCH3 is 2. The van der Waals surface area contributed by atoms with E-state index in [0.29, 0.717) is 26.4 Å². The molecule has 294 valence electrons. The summed E-state index contributed by atoms with van der Waals surface area (Å²) < 4.78 is 58.1. The second kappa shape index (κ2) is 21.5. The molecular formula is C47H52O9. The lowest BCUT2D eigenvalue weighted by Crippen LogP contribution is -2.70. The van der Waals surface area contributed by atoms with Crippen molar-refractivity contribution in [2.24, 2.45) is 0 Å². The zero-order valence-electron chi connectivity index (χ0n) is 32.2. The summed E-state index contributed by atoms with van der Waals surface area (Å²) in [4.78, 5) is 0. The molecule has 0 aromatic heterocycles. The summed E-state index contributed by atoms with van der Waals surface area (Å²) in [7, 11) is 3.30. The Labute approximate surface area is 330 Å². The molecule has 1 unspecified atom stereocenters. The van der Waals surface area contributed by atoms with Crippen molar-refractivity contribution in [3.8, 4) is 11.5 Å². The topological polar surface area (TPSA) is 83.1 Å². The van der Waals surface area contributed by atoms with Crippen LogP contribution >= 0.6 is 0 Å². The average molecular weight is 761 g/mol. The standard InChI is InChI=1S/C47H52O9/c1-4-28-52-46-44(54-32-37-16-10-6-11-17-37)43(53-31-36-14-8-5-9-15-36)45(55-33-38-18-12-7-13-19-38)47(56-46,34-50-29-39-20-24-41(48-2)25-21-39)35-51-30-40-22-26-42(49-3)27-23-40/h4-27,43-46H,1,28-35H2,2-3H3/t43-,44-,45+,46?/m1/s1. The molecule has 4 atom stereocenters. The number of rotatable bonds is 22. The van der Waals surface area contributed by atoms with Crippen LogP contribution in [0.15, 0.2) is 152 Å². The Kier molecular flexibility index (Phi) is 15.6. The number of ether oxygens (including phenoxy) is 9. The monoisotopic (exact) mass is 760 g/mol. The lowest BCUT2D eigenvalue weighted by atomic mass is 9.86. The highest BCUT2D eigenvalue weighted by atomic mass is 16.7. The van der Waals surface area contributed by atoms with Gasteiger partial charge in [0, 0.05) is 0 Å². The summed E-state index contributed by atoms with van der Waals surface area (Å²) >= 11 is 0. The van der Waals surface area contributed by atoms with E-state index in [4.69, 9.17) is 42.6 Å². The van der Waals surface area contributed by atoms with Crippen molar-refractivity contribution >= 4 is 0 Å². The highest BCUT2D eigenvalue weighted by Crippen LogP contribution is 2.39. The van der Waals surface area contributed by atoms with E-state index in [1.54, 1.807) is 20.3 Å². The van der Waals surface area contributed by atoms with Gasteiger partial charge in [0.1, 0.15) is 35.4 Å². The van der Waals surface area contributed by atoms with Crippen LogP contribution in [0.25, 0.3) is 0 Å². The van der Waals surface area contributed by atoms with Crippen LogP contribution in [0, 0.1) is 0 Å². The molecule has 1 saturated heterocycles. The number of benzene rings is 5. The Morgan fingerprint density at radius 2 is 0.911 bits per heavy atom. The normalized spacial score (nSPS) is 19.0. The minimum absolute atomic E-state index is 0.0889. The lowest BCUT2D eigenvalue weighted by molar-refractivity contribution is -0.367. The summed E-state index contributed by atoms with van der Waals surface area (Å²) in [6.45, 7) is 5.80. The fourth-order valence-electron chi connectivity index (χ4n) is 6.58. The molecular weight excluding hydrogens is 709 g/mol. The van der Waals surface area contributed by atoms with Crippen LogP contribution < -0.4 is 9.47 Å². The predicted molar refractivity (Wildman–Crippen MR) is 214 cm³/mol. The first-order valence-corrected chi connectivity index (χ1v) is 18.9. The van der Waals surface area contributed by atoms with Crippen molar-refractivity contribution in [3.63, 3.8) is 0 Å². The van der Waals surface area contributed by atoms with Gasteiger partial charge in [-0.25, -0.2) is 0 Å². The Bertz CT molecular complexity index is 1780. The van der Waals surface area contributed by atoms with E-state index in [2.05, 4.69) is 6.58 Å². The van der Waals surface area contributed by atoms with Gasteiger partial charge in [0.05, 0.1) is 67.1 Å². The van der Waals surface area contributed by atoms with Crippen LogP contribution in [0.2, 0.25) is 0 Å². The fraction of sp³-hybridized carbons (Fsp3) is 0.319. The molecule has 1 aliphatic heterocycles. The molecule has 56 heavy (non-hydrogen) atoms. The first-order chi connectivity index (χ1) is 27.6. The van der Waals surface area contributed by atoms with Gasteiger partial charge in [0.25, 0.3) is 0 Å². The van der Waals surface area contributed by atoms with Crippen LogP contribution in [0.5, 0.6) is 11.5 Å². The molecule has 0 N–H and O–H groups in total. The zero-order valence-corrected chi connectivity index (χ0v) is 32.2. The van der Waals surface area contributed by atoms with E-state index in [1.807, 2.05) is 140 Å². The van der Waals surface area contributed by atoms with E-state index >= 15 is 0 Å². The van der Waals surface area contributed by atoms with Gasteiger partial charge in [0.2, 0.25) is 0 Å². The molecule has 6 rings (SSSR count). The number of hydrogen-bond acceptors (Lipinski definition) is 9. The third-order valence-corrected chi connectivity index (χ3v) is 9.53. The molecule has 0 amide bonds. The molecule has 5 aromatic carbocycles. The quantitative estimate of drug-likeness (QED) is 0.0646. The fourth-order valence-corrected chi connectivity index (χ4v) is 6.58. The Morgan fingerprint density at radius 3 is 1.34 bits per heavy atom. The molecule has 0 radical (unpaired) electrons. The van der Waals surface area contributed by atoms with Gasteiger partial charge in [0.15, 0.2) is 6.29 Å².